The average Bonchev–Trinajstić information content (AvgIpc) is 2.88. The molecular formula is C18H26N4OS. The van der Waals surface area contributed by atoms with E-state index in [9.17, 15) is 0 Å². The Labute approximate surface area is 148 Å². The summed E-state index contributed by atoms with van der Waals surface area (Å²) in [6.07, 6.45) is 0. The Balaban J connectivity index is 1.62. The normalized spacial score (nSPS) is 14.9. The van der Waals surface area contributed by atoms with Crippen molar-refractivity contribution in [1.29, 1.82) is 0 Å². The molecule has 1 aromatic carbocycles. The van der Waals surface area contributed by atoms with E-state index in [2.05, 4.69) is 46.5 Å². The van der Waals surface area contributed by atoms with Crippen LogP contribution in [-0.4, -0.2) is 46.1 Å². The van der Waals surface area contributed by atoms with Crippen molar-refractivity contribution in [3.63, 3.8) is 0 Å². The van der Waals surface area contributed by atoms with Gasteiger partial charge in [-0.05, 0) is 38.1 Å². The summed E-state index contributed by atoms with van der Waals surface area (Å²) in [4.78, 5) is 2.45. The first-order valence-corrected chi connectivity index (χ1v) is 9.65. The number of hydrogen-bond acceptors (Lipinski definition) is 5. The lowest BCUT2D eigenvalue weighted by atomic mass is 10.2. The summed E-state index contributed by atoms with van der Waals surface area (Å²) in [7, 11) is 0. The van der Waals surface area contributed by atoms with Crippen LogP contribution in [0.25, 0.3) is 0 Å². The summed E-state index contributed by atoms with van der Waals surface area (Å²) in [6, 6.07) is 8.71. The van der Waals surface area contributed by atoms with Crippen molar-refractivity contribution < 1.29 is 5.11 Å². The highest BCUT2D eigenvalue weighted by Gasteiger charge is 2.12. The second-order valence-electron chi connectivity index (χ2n) is 6.10. The average molecular weight is 347 g/mol. The maximum atomic E-state index is 9.10. The maximum Gasteiger partial charge on any atom is 0.0646 e. The Hall–Kier alpha value is -1.66. The molecule has 1 aliphatic heterocycles. The lowest BCUT2D eigenvalue weighted by Gasteiger charge is -2.28. The van der Waals surface area contributed by atoms with Crippen LogP contribution >= 0.6 is 11.8 Å². The monoisotopic (exact) mass is 346 g/mol. The fourth-order valence-corrected chi connectivity index (χ4v) is 4.01. The van der Waals surface area contributed by atoms with E-state index in [1.807, 2.05) is 23.4 Å². The molecule has 0 saturated carbocycles. The van der Waals surface area contributed by atoms with E-state index < -0.39 is 0 Å². The maximum absolute atomic E-state index is 9.10. The number of benzene rings is 1. The van der Waals surface area contributed by atoms with Crippen molar-refractivity contribution in [3.05, 3.63) is 41.2 Å². The molecule has 0 aliphatic carbocycles. The number of aliphatic hydroxyl groups excluding tert-OH is 1. The molecule has 0 amide bonds. The number of aromatic nitrogens is 2. The third-order valence-electron chi connectivity index (χ3n) is 4.56. The predicted octanol–water partition coefficient (Wildman–Crippen LogP) is 2.66. The van der Waals surface area contributed by atoms with E-state index in [0.717, 1.165) is 36.7 Å². The zero-order valence-electron chi connectivity index (χ0n) is 14.5. The zero-order chi connectivity index (χ0) is 16.9. The van der Waals surface area contributed by atoms with E-state index >= 15 is 0 Å². The molecule has 2 N–H and O–H groups in total. The molecule has 0 atom stereocenters. The van der Waals surface area contributed by atoms with Gasteiger partial charge >= 0.3 is 0 Å². The number of hydrogen-bond donors (Lipinski definition) is 2. The first kappa shape index (κ1) is 17.2. The van der Waals surface area contributed by atoms with E-state index in [1.165, 1.54) is 22.8 Å². The molecule has 130 valence electrons. The minimum Gasteiger partial charge on any atom is -0.394 e. The first-order valence-electron chi connectivity index (χ1n) is 8.49. The van der Waals surface area contributed by atoms with E-state index in [1.54, 1.807) is 0 Å². The fourth-order valence-electron chi connectivity index (χ4n) is 3.10. The standard InChI is InChI=1S/C18H26N4OS/c1-14-18(15(2)22(20-14)7-10-23)13-19-16-3-5-17(6-4-16)21-8-11-24-12-9-21/h3-6,19,23H,7-13H2,1-2H3. The molecule has 6 heteroatoms. The quantitative estimate of drug-likeness (QED) is 0.842. The number of nitrogens with zero attached hydrogens (tertiary/aromatic N) is 3. The Morgan fingerprint density at radius 3 is 2.54 bits per heavy atom. The molecule has 2 aromatic rings. The Bertz CT molecular complexity index is 662. The van der Waals surface area contributed by atoms with Gasteiger partial charge < -0.3 is 15.3 Å². The van der Waals surface area contributed by atoms with Crippen LogP contribution < -0.4 is 10.2 Å². The van der Waals surface area contributed by atoms with Gasteiger partial charge in [-0.25, -0.2) is 0 Å². The van der Waals surface area contributed by atoms with Crippen molar-refractivity contribution in [1.82, 2.24) is 9.78 Å². The van der Waals surface area contributed by atoms with Gasteiger partial charge in [0.05, 0.1) is 18.8 Å². The van der Waals surface area contributed by atoms with E-state index in [4.69, 9.17) is 5.11 Å². The van der Waals surface area contributed by atoms with Gasteiger partial charge in [0.1, 0.15) is 0 Å². The highest BCUT2D eigenvalue weighted by molar-refractivity contribution is 7.99. The number of aryl methyl sites for hydroxylation is 1. The topological polar surface area (TPSA) is 53.3 Å². The first-order chi connectivity index (χ1) is 11.7. The van der Waals surface area contributed by atoms with Crippen molar-refractivity contribution in [3.8, 4) is 0 Å². The molecule has 24 heavy (non-hydrogen) atoms. The SMILES string of the molecule is Cc1nn(CCO)c(C)c1CNc1ccc(N2CCSCC2)cc1. The van der Waals surface area contributed by atoms with E-state index in [-0.39, 0.29) is 6.61 Å². The van der Waals surface area contributed by atoms with Crippen molar-refractivity contribution in [2.24, 2.45) is 0 Å². The third kappa shape index (κ3) is 3.87. The molecule has 0 bridgehead atoms. The zero-order valence-corrected chi connectivity index (χ0v) is 15.3. The van der Waals surface area contributed by atoms with Crippen LogP contribution in [0.15, 0.2) is 24.3 Å². The fraction of sp³-hybridized carbons (Fsp3) is 0.500. The Morgan fingerprint density at radius 2 is 1.88 bits per heavy atom. The van der Waals surface area contributed by atoms with Crippen LogP contribution in [0.5, 0.6) is 0 Å². The highest BCUT2D eigenvalue weighted by atomic mass is 32.2. The molecule has 0 unspecified atom stereocenters. The summed E-state index contributed by atoms with van der Waals surface area (Å²) in [5.74, 6) is 2.44. The second kappa shape index (κ2) is 7.94. The molecule has 1 aliphatic rings. The van der Waals surface area contributed by atoms with Crippen molar-refractivity contribution in [2.45, 2.75) is 26.9 Å². The van der Waals surface area contributed by atoms with Crippen LogP contribution in [0.1, 0.15) is 17.0 Å². The van der Waals surface area contributed by atoms with Crippen LogP contribution in [0.2, 0.25) is 0 Å². The van der Waals surface area contributed by atoms with Crippen LogP contribution in [0, 0.1) is 13.8 Å². The van der Waals surface area contributed by atoms with Crippen LogP contribution in [0.4, 0.5) is 11.4 Å². The largest absolute Gasteiger partial charge is 0.394 e. The highest BCUT2D eigenvalue weighted by Crippen LogP contribution is 2.22. The summed E-state index contributed by atoms with van der Waals surface area (Å²) < 4.78 is 1.88. The summed E-state index contributed by atoms with van der Waals surface area (Å²) >= 11 is 2.03. The number of nitrogens with one attached hydrogen (secondary N) is 1. The van der Waals surface area contributed by atoms with Crippen molar-refractivity contribution in [2.75, 3.05) is 41.4 Å². The molecule has 2 heterocycles. The molecule has 1 saturated heterocycles. The number of rotatable bonds is 6. The summed E-state index contributed by atoms with van der Waals surface area (Å²) in [5.41, 5.74) is 5.79. The van der Waals surface area contributed by atoms with Gasteiger partial charge in [-0.15, -0.1) is 0 Å². The second-order valence-corrected chi connectivity index (χ2v) is 7.32. The molecule has 1 aromatic heterocycles. The van der Waals surface area contributed by atoms with Gasteiger partial charge in [0.15, 0.2) is 0 Å². The molecule has 1 fully saturated rings. The summed E-state index contributed by atoms with van der Waals surface area (Å²) in [6.45, 7) is 7.78. The van der Waals surface area contributed by atoms with Gasteiger partial charge in [-0.2, -0.15) is 16.9 Å². The van der Waals surface area contributed by atoms with Gasteiger partial charge in [0.2, 0.25) is 0 Å². The Morgan fingerprint density at radius 1 is 1.17 bits per heavy atom. The molecular weight excluding hydrogens is 320 g/mol. The molecule has 0 radical (unpaired) electrons. The smallest absolute Gasteiger partial charge is 0.0646 e. The predicted molar refractivity (Wildman–Crippen MR) is 102 cm³/mol. The molecule has 0 spiro atoms. The van der Waals surface area contributed by atoms with Crippen LogP contribution in [0.3, 0.4) is 0 Å². The minimum atomic E-state index is 0.116. The lowest BCUT2D eigenvalue weighted by molar-refractivity contribution is 0.268. The van der Waals surface area contributed by atoms with Crippen LogP contribution in [-0.2, 0) is 13.1 Å². The molecule has 3 rings (SSSR count). The number of thioether (sulfide) groups is 1. The number of anilines is 2. The van der Waals surface area contributed by atoms with Gasteiger partial charge in [-0.3, -0.25) is 4.68 Å². The van der Waals surface area contributed by atoms with E-state index in [0.29, 0.717) is 6.54 Å². The van der Waals surface area contributed by atoms with Gasteiger partial charge in [0.25, 0.3) is 0 Å². The third-order valence-corrected chi connectivity index (χ3v) is 5.50. The van der Waals surface area contributed by atoms with Gasteiger partial charge in [0, 0.05) is 53.8 Å². The minimum absolute atomic E-state index is 0.116. The Kier molecular flexibility index (Phi) is 5.68. The summed E-state index contributed by atoms with van der Waals surface area (Å²) in [5, 5.41) is 17.1. The number of aliphatic hydroxyl groups is 1. The lowest BCUT2D eigenvalue weighted by Crippen LogP contribution is -2.32. The van der Waals surface area contributed by atoms with Gasteiger partial charge in [-0.1, -0.05) is 0 Å². The molecule has 5 nitrogen and oxygen atoms in total. The van der Waals surface area contributed by atoms with Crippen molar-refractivity contribution >= 4 is 23.1 Å².